The van der Waals surface area contributed by atoms with Crippen molar-refractivity contribution in [3.63, 3.8) is 0 Å². The van der Waals surface area contributed by atoms with E-state index in [4.69, 9.17) is 4.52 Å². The second-order valence-electron chi connectivity index (χ2n) is 6.25. The molecule has 24 heavy (non-hydrogen) atoms. The highest BCUT2D eigenvalue weighted by molar-refractivity contribution is 7.98. The van der Waals surface area contributed by atoms with Gasteiger partial charge < -0.3 is 9.09 Å². The van der Waals surface area contributed by atoms with Crippen LogP contribution in [0.5, 0.6) is 0 Å². The van der Waals surface area contributed by atoms with Crippen LogP contribution in [0.25, 0.3) is 0 Å². The highest BCUT2D eigenvalue weighted by Gasteiger charge is 2.29. The van der Waals surface area contributed by atoms with Crippen molar-refractivity contribution in [2.45, 2.75) is 56.0 Å². The lowest BCUT2D eigenvalue weighted by Crippen LogP contribution is -2.03. The predicted molar refractivity (Wildman–Crippen MR) is 93.4 cm³/mol. The maximum atomic E-state index is 5.26. The van der Waals surface area contributed by atoms with Crippen LogP contribution in [0, 0.1) is 0 Å². The van der Waals surface area contributed by atoms with E-state index in [9.17, 15) is 0 Å². The SMILES string of the molecule is CC(C)c1nc(CSc2nnc(Cc3cccs3)n2C2CC2)no1. The Labute approximate surface area is 148 Å². The largest absolute Gasteiger partial charge is 0.339 e. The summed E-state index contributed by atoms with van der Waals surface area (Å²) >= 11 is 3.40. The number of thioether (sulfide) groups is 1. The van der Waals surface area contributed by atoms with E-state index in [1.54, 1.807) is 23.1 Å². The first-order valence-electron chi connectivity index (χ1n) is 8.12. The van der Waals surface area contributed by atoms with Gasteiger partial charge in [0, 0.05) is 23.3 Å². The molecule has 1 aliphatic carbocycles. The van der Waals surface area contributed by atoms with Gasteiger partial charge in [-0.25, -0.2) is 0 Å². The van der Waals surface area contributed by atoms with Gasteiger partial charge in [-0.1, -0.05) is 36.8 Å². The number of hydrogen-bond acceptors (Lipinski definition) is 7. The van der Waals surface area contributed by atoms with E-state index in [0.29, 0.717) is 23.5 Å². The predicted octanol–water partition coefficient (Wildman–Crippen LogP) is 4.06. The normalized spacial score (nSPS) is 14.6. The third-order valence-corrected chi connectivity index (χ3v) is 5.68. The van der Waals surface area contributed by atoms with Crippen molar-refractivity contribution in [3.05, 3.63) is 39.9 Å². The van der Waals surface area contributed by atoms with Crippen LogP contribution in [-0.2, 0) is 12.2 Å². The summed E-state index contributed by atoms with van der Waals surface area (Å²) in [5, 5.41) is 16.0. The summed E-state index contributed by atoms with van der Waals surface area (Å²) in [5.41, 5.74) is 0. The van der Waals surface area contributed by atoms with E-state index >= 15 is 0 Å². The summed E-state index contributed by atoms with van der Waals surface area (Å²) in [6.07, 6.45) is 3.27. The van der Waals surface area contributed by atoms with Gasteiger partial charge in [-0.15, -0.1) is 21.5 Å². The van der Waals surface area contributed by atoms with E-state index < -0.39 is 0 Å². The summed E-state index contributed by atoms with van der Waals surface area (Å²) in [4.78, 5) is 5.75. The van der Waals surface area contributed by atoms with Gasteiger partial charge in [-0.2, -0.15) is 4.98 Å². The smallest absolute Gasteiger partial charge is 0.229 e. The number of thiophene rings is 1. The zero-order valence-electron chi connectivity index (χ0n) is 13.7. The molecule has 1 fully saturated rings. The molecule has 0 atom stereocenters. The molecule has 1 saturated carbocycles. The van der Waals surface area contributed by atoms with Crippen molar-refractivity contribution in [2.75, 3.05) is 0 Å². The maximum absolute atomic E-state index is 5.26. The second kappa shape index (κ2) is 6.68. The van der Waals surface area contributed by atoms with Gasteiger partial charge >= 0.3 is 0 Å². The minimum Gasteiger partial charge on any atom is -0.339 e. The minimum absolute atomic E-state index is 0.253. The molecule has 0 saturated heterocycles. The number of hydrogen-bond donors (Lipinski definition) is 0. The second-order valence-corrected chi connectivity index (χ2v) is 8.22. The van der Waals surface area contributed by atoms with Crippen LogP contribution < -0.4 is 0 Å². The minimum atomic E-state index is 0.253. The molecule has 0 bridgehead atoms. The van der Waals surface area contributed by atoms with E-state index in [-0.39, 0.29) is 5.92 Å². The van der Waals surface area contributed by atoms with Crippen molar-refractivity contribution in [3.8, 4) is 0 Å². The fourth-order valence-corrected chi connectivity index (χ4v) is 4.05. The van der Waals surface area contributed by atoms with Gasteiger partial charge in [0.1, 0.15) is 5.82 Å². The van der Waals surface area contributed by atoms with Gasteiger partial charge in [0.25, 0.3) is 0 Å². The lowest BCUT2D eigenvalue weighted by Gasteiger charge is -2.07. The molecule has 3 aromatic heterocycles. The molecule has 0 aromatic carbocycles. The summed E-state index contributed by atoms with van der Waals surface area (Å²) in [6, 6.07) is 4.78. The Hall–Kier alpha value is -1.67. The molecule has 8 heteroatoms. The van der Waals surface area contributed by atoms with Crippen molar-refractivity contribution in [1.82, 2.24) is 24.9 Å². The van der Waals surface area contributed by atoms with Crippen LogP contribution in [0.15, 0.2) is 27.2 Å². The fraction of sp³-hybridized carbons (Fsp3) is 0.500. The highest BCUT2D eigenvalue weighted by Crippen LogP contribution is 2.39. The lowest BCUT2D eigenvalue weighted by atomic mass is 10.2. The van der Waals surface area contributed by atoms with E-state index in [1.165, 1.54) is 17.7 Å². The molecule has 0 unspecified atom stereocenters. The standard InChI is InChI=1S/C16H19N5OS2/c1-10(2)15-17-13(20-22-15)9-24-16-19-18-14(21(16)11-5-6-11)8-12-4-3-7-23-12/h3-4,7,10-11H,5-6,8-9H2,1-2H3. The van der Waals surface area contributed by atoms with Gasteiger partial charge in [0.2, 0.25) is 5.89 Å². The fourth-order valence-electron chi connectivity index (χ4n) is 2.48. The Morgan fingerprint density at radius 2 is 2.25 bits per heavy atom. The van der Waals surface area contributed by atoms with Crippen LogP contribution in [0.2, 0.25) is 0 Å². The summed E-state index contributed by atoms with van der Waals surface area (Å²) in [6.45, 7) is 4.09. The zero-order valence-corrected chi connectivity index (χ0v) is 15.3. The molecule has 0 spiro atoms. The topological polar surface area (TPSA) is 69.6 Å². The van der Waals surface area contributed by atoms with Crippen molar-refractivity contribution in [2.24, 2.45) is 0 Å². The van der Waals surface area contributed by atoms with Gasteiger partial charge in [-0.3, -0.25) is 0 Å². The van der Waals surface area contributed by atoms with Crippen LogP contribution in [0.3, 0.4) is 0 Å². The maximum Gasteiger partial charge on any atom is 0.229 e. The Bertz CT molecular complexity index is 804. The van der Waals surface area contributed by atoms with Gasteiger partial charge in [0.15, 0.2) is 11.0 Å². The Kier molecular flexibility index (Phi) is 4.41. The third kappa shape index (κ3) is 3.39. The molecule has 0 N–H and O–H groups in total. The molecule has 6 nitrogen and oxygen atoms in total. The Balaban J connectivity index is 1.49. The quantitative estimate of drug-likeness (QED) is 0.591. The lowest BCUT2D eigenvalue weighted by molar-refractivity contribution is 0.362. The molecule has 126 valence electrons. The monoisotopic (exact) mass is 361 g/mol. The zero-order chi connectivity index (χ0) is 16.5. The first-order chi connectivity index (χ1) is 11.7. The van der Waals surface area contributed by atoms with Crippen LogP contribution in [-0.4, -0.2) is 24.9 Å². The molecule has 1 aliphatic rings. The molecule has 3 aromatic rings. The van der Waals surface area contributed by atoms with Crippen LogP contribution in [0.4, 0.5) is 0 Å². The van der Waals surface area contributed by atoms with Crippen LogP contribution in [0.1, 0.15) is 61.1 Å². The molecule has 0 aliphatic heterocycles. The number of rotatable bonds is 7. The number of aromatic nitrogens is 5. The first-order valence-corrected chi connectivity index (χ1v) is 9.98. The first kappa shape index (κ1) is 15.8. The highest BCUT2D eigenvalue weighted by atomic mass is 32.2. The Morgan fingerprint density at radius 1 is 1.38 bits per heavy atom. The van der Waals surface area contributed by atoms with Crippen molar-refractivity contribution < 1.29 is 4.52 Å². The molecule has 3 heterocycles. The third-order valence-electron chi connectivity index (χ3n) is 3.87. The average molecular weight is 361 g/mol. The van der Waals surface area contributed by atoms with E-state index in [2.05, 4.69) is 42.4 Å². The summed E-state index contributed by atoms with van der Waals surface area (Å²) in [7, 11) is 0. The van der Waals surface area contributed by atoms with E-state index in [0.717, 1.165) is 17.4 Å². The molecule has 0 amide bonds. The molecular formula is C16H19N5OS2. The molecular weight excluding hydrogens is 342 g/mol. The Morgan fingerprint density at radius 3 is 2.92 bits per heavy atom. The van der Waals surface area contributed by atoms with Crippen molar-refractivity contribution >= 4 is 23.1 Å². The molecule has 0 radical (unpaired) electrons. The van der Waals surface area contributed by atoms with Gasteiger partial charge in [-0.05, 0) is 24.3 Å². The van der Waals surface area contributed by atoms with Crippen LogP contribution >= 0.6 is 23.1 Å². The number of nitrogens with zero attached hydrogens (tertiary/aromatic N) is 5. The van der Waals surface area contributed by atoms with Gasteiger partial charge in [0.05, 0.1) is 5.75 Å². The molecule has 4 rings (SSSR count). The summed E-state index contributed by atoms with van der Waals surface area (Å²) in [5.74, 6) is 3.36. The summed E-state index contributed by atoms with van der Waals surface area (Å²) < 4.78 is 7.56. The average Bonchev–Trinajstić information content (AvgIpc) is 2.99. The van der Waals surface area contributed by atoms with E-state index in [1.807, 2.05) is 13.8 Å². The van der Waals surface area contributed by atoms with Crippen molar-refractivity contribution in [1.29, 1.82) is 0 Å².